The number of rotatable bonds is 4. The Labute approximate surface area is 141 Å². The third kappa shape index (κ3) is 5.34. The second-order valence-electron chi connectivity index (χ2n) is 4.29. The first-order valence-corrected chi connectivity index (χ1v) is 7.51. The molecule has 0 aliphatic carbocycles. The molecule has 0 aliphatic heterocycles. The molecular weight excluding hydrogens is 368 g/mol. The zero-order chi connectivity index (χ0) is 15.9. The standard InChI is InChI=1S/C15H13BrN2O3S/c16-10-1-7-13(8-2-10)21-9-14(20)18-15(22)17-11-3-5-12(19)6-4-11/h1-8,19H,9H2,(H2,17,18,20,22). The number of phenolic OH excluding ortho intramolecular Hbond substituents is 1. The van der Waals surface area contributed by atoms with E-state index < -0.39 is 0 Å². The summed E-state index contributed by atoms with van der Waals surface area (Å²) in [5.41, 5.74) is 0.664. The Morgan fingerprint density at radius 2 is 1.77 bits per heavy atom. The van der Waals surface area contributed by atoms with Crippen LogP contribution in [0.25, 0.3) is 0 Å². The zero-order valence-corrected chi connectivity index (χ0v) is 13.8. The first kappa shape index (κ1) is 16.3. The molecule has 22 heavy (non-hydrogen) atoms. The molecule has 2 aromatic rings. The summed E-state index contributed by atoms with van der Waals surface area (Å²) in [6.07, 6.45) is 0. The average Bonchev–Trinajstić information content (AvgIpc) is 2.49. The number of halogens is 1. The van der Waals surface area contributed by atoms with E-state index in [1.54, 1.807) is 24.3 Å². The lowest BCUT2D eigenvalue weighted by atomic mass is 10.3. The van der Waals surface area contributed by atoms with Crippen molar-refractivity contribution in [1.29, 1.82) is 0 Å². The van der Waals surface area contributed by atoms with Crippen molar-refractivity contribution >= 4 is 44.9 Å². The lowest BCUT2D eigenvalue weighted by Gasteiger charge is -2.10. The molecule has 114 valence electrons. The highest BCUT2D eigenvalue weighted by Gasteiger charge is 2.06. The number of thiocarbonyl (C=S) groups is 1. The molecule has 0 unspecified atom stereocenters. The van der Waals surface area contributed by atoms with E-state index >= 15 is 0 Å². The van der Waals surface area contributed by atoms with E-state index in [4.69, 9.17) is 17.0 Å². The first-order chi connectivity index (χ1) is 10.5. The van der Waals surface area contributed by atoms with Gasteiger partial charge in [0.15, 0.2) is 11.7 Å². The van der Waals surface area contributed by atoms with E-state index in [0.29, 0.717) is 11.4 Å². The summed E-state index contributed by atoms with van der Waals surface area (Å²) in [4.78, 5) is 11.7. The summed E-state index contributed by atoms with van der Waals surface area (Å²) in [6, 6.07) is 13.5. The highest BCUT2D eigenvalue weighted by molar-refractivity contribution is 9.10. The summed E-state index contributed by atoms with van der Waals surface area (Å²) in [5, 5.41) is 14.7. The largest absolute Gasteiger partial charge is 0.508 e. The van der Waals surface area contributed by atoms with Gasteiger partial charge < -0.3 is 15.2 Å². The van der Waals surface area contributed by atoms with E-state index in [2.05, 4.69) is 26.6 Å². The molecule has 7 heteroatoms. The van der Waals surface area contributed by atoms with Gasteiger partial charge in [-0.05, 0) is 60.7 Å². The summed E-state index contributed by atoms with van der Waals surface area (Å²) in [6.45, 7) is -0.140. The molecule has 0 aliphatic rings. The molecule has 3 N–H and O–H groups in total. The number of hydrogen-bond donors (Lipinski definition) is 3. The summed E-state index contributed by atoms with van der Waals surface area (Å²) in [5.74, 6) is 0.387. The lowest BCUT2D eigenvalue weighted by molar-refractivity contribution is -0.121. The molecule has 0 aromatic heterocycles. The summed E-state index contributed by atoms with van der Waals surface area (Å²) in [7, 11) is 0. The van der Waals surface area contributed by atoms with Gasteiger partial charge in [-0.3, -0.25) is 10.1 Å². The molecule has 0 fully saturated rings. The number of carbonyl (C=O) groups is 1. The number of amides is 1. The normalized spacial score (nSPS) is 9.86. The van der Waals surface area contributed by atoms with Gasteiger partial charge in [0.1, 0.15) is 11.5 Å². The number of hydrogen-bond acceptors (Lipinski definition) is 4. The van der Waals surface area contributed by atoms with Crippen LogP contribution in [0.2, 0.25) is 0 Å². The highest BCUT2D eigenvalue weighted by atomic mass is 79.9. The molecule has 2 rings (SSSR count). The average molecular weight is 381 g/mol. The first-order valence-electron chi connectivity index (χ1n) is 6.31. The van der Waals surface area contributed by atoms with Crippen molar-refractivity contribution in [3.8, 4) is 11.5 Å². The summed E-state index contributed by atoms with van der Waals surface area (Å²) >= 11 is 8.34. The van der Waals surface area contributed by atoms with Crippen LogP contribution in [0.5, 0.6) is 11.5 Å². The quantitative estimate of drug-likeness (QED) is 0.561. The van der Waals surface area contributed by atoms with Crippen molar-refractivity contribution in [3.05, 3.63) is 53.0 Å². The predicted octanol–water partition coefficient (Wildman–Crippen LogP) is 3.05. The Kier molecular flexibility index (Phi) is 5.74. The molecule has 0 radical (unpaired) electrons. The number of nitrogens with one attached hydrogen (secondary N) is 2. The SMILES string of the molecule is O=C(COc1ccc(Br)cc1)NC(=S)Nc1ccc(O)cc1. The minimum absolute atomic E-state index is 0.140. The number of phenols is 1. The molecule has 2 aromatic carbocycles. The van der Waals surface area contributed by atoms with Crippen LogP contribution in [0.15, 0.2) is 53.0 Å². The van der Waals surface area contributed by atoms with Gasteiger partial charge in [0.2, 0.25) is 0 Å². The van der Waals surface area contributed by atoms with Crippen LogP contribution >= 0.6 is 28.1 Å². The fraction of sp³-hybridized carbons (Fsp3) is 0.0667. The van der Waals surface area contributed by atoms with Crippen molar-refractivity contribution in [1.82, 2.24) is 5.32 Å². The second kappa shape index (κ2) is 7.77. The lowest BCUT2D eigenvalue weighted by Crippen LogP contribution is -2.37. The van der Waals surface area contributed by atoms with Crippen molar-refractivity contribution in [2.45, 2.75) is 0 Å². The van der Waals surface area contributed by atoms with Crippen LogP contribution in [0, 0.1) is 0 Å². The smallest absolute Gasteiger partial charge is 0.264 e. The number of aromatic hydroxyl groups is 1. The number of carbonyl (C=O) groups excluding carboxylic acids is 1. The minimum Gasteiger partial charge on any atom is -0.508 e. The van der Waals surface area contributed by atoms with Gasteiger partial charge in [-0.25, -0.2) is 0 Å². The van der Waals surface area contributed by atoms with E-state index in [9.17, 15) is 9.90 Å². The van der Waals surface area contributed by atoms with Crippen molar-refractivity contribution in [3.63, 3.8) is 0 Å². The maximum absolute atomic E-state index is 11.7. The Morgan fingerprint density at radius 1 is 1.14 bits per heavy atom. The van der Waals surface area contributed by atoms with Crippen LogP contribution in [0.3, 0.4) is 0 Å². The Balaban J connectivity index is 1.77. The second-order valence-corrected chi connectivity index (χ2v) is 5.62. The topological polar surface area (TPSA) is 70.6 Å². The predicted molar refractivity (Wildman–Crippen MR) is 92.1 cm³/mol. The molecule has 0 heterocycles. The van der Waals surface area contributed by atoms with E-state index in [0.717, 1.165) is 4.47 Å². The number of anilines is 1. The maximum Gasteiger partial charge on any atom is 0.264 e. The van der Waals surface area contributed by atoms with Crippen LogP contribution in [-0.2, 0) is 4.79 Å². The number of benzene rings is 2. The van der Waals surface area contributed by atoms with Crippen molar-refractivity contribution in [2.75, 3.05) is 11.9 Å². The minimum atomic E-state index is -0.362. The number of ether oxygens (including phenoxy) is 1. The van der Waals surface area contributed by atoms with Crippen LogP contribution in [-0.4, -0.2) is 22.7 Å². The fourth-order valence-corrected chi connectivity index (χ4v) is 2.05. The van der Waals surface area contributed by atoms with Gasteiger partial charge in [-0.15, -0.1) is 0 Å². The zero-order valence-electron chi connectivity index (χ0n) is 11.4. The molecule has 0 saturated carbocycles. The maximum atomic E-state index is 11.7. The van der Waals surface area contributed by atoms with Gasteiger partial charge in [0, 0.05) is 10.2 Å². The Hall–Kier alpha value is -2.12. The van der Waals surface area contributed by atoms with Crippen molar-refractivity contribution < 1.29 is 14.6 Å². The van der Waals surface area contributed by atoms with Gasteiger partial charge in [0.25, 0.3) is 5.91 Å². The van der Waals surface area contributed by atoms with E-state index in [1.165, 1.54) is 12.1 Å². The Bertz CT molecular complexity index is 659. The third-order valence-electron chi connectivity index (χ3n) is 2.56. The van der Waals surface area contributed by atoms with Crippen LogP contribution < -0.4 is 15.4 Å². The highest BCUT2D eigenvalue weighted by Crippen LogP contribution is 2.16. The molecule has 0 atom stereocenters. The molecular formula is C15H13BrN2O3S. The van der Waals surface area contributed by atoms with E-state index in [1.807, 2.05) is 12.1 Å². The van der Waals surface area contributed by atoms with Crippen LogP contribution in [0.1, 0.15) is 0 Å². The fourth-order valence-electron chi connectivity index (χ4n) is 1.55. The van der Waals surface area contributed by atoms with E-state index in [-0.39, 0.29) is 23.4 Å². The Morgan fingerprint density at radius 3 is 2.41 bits per heavy atom. The van der Waals surface area contributed by atoms with Gasteiger partial charge in [0.05, 0.1) is 0 Å². The monoisotopic (exact) mass is 380 g/mol. The van der Waals surface area contributed by atoms with Crippen LogP contribution in [0.4, 0.5) is 5.69 Å². The van der Waals surface area contributed by atoms with Gasteiger partial charge in [-0.2, -0.15) is 0 Å². The molecule has 1 amide bonds. The molecule has 5 nitrogen and oxygen atoms in total. The molecule has 0 saturated heterocycles. The van der Waals surface area contributed by atoms with Crippen molar-refractivity contribution in [2.24, 2.45) is 0 Å². The molecule has 0 bridgehead atoms. The van der Waals surface area contributed by atoms with Gasteiger partial charge >= 0.3 is 0 Å². The summed E-state index contributed by atoms with van der Waals surface area (Å²) < 4.78 is 6.27. The van der Waals surface area contributed by atoms with Gasteiger partial charge in [-0.1, -0.05) is 15.9 Å². The third-order valence-corrected chi connectivity index (χ3v) is 3.29. The molecule has 0 spiro atoms.